The van der Waals surface area contributed by atoms with Crippen molar-refractivity contribution in [3.8, 4) is 5.88 Å². The van der Waals surface area contributed by atoms with Crippen molar-refractivity contribution in [3.05, 3.63) is 87.5 Å². The van der Waals surface area contributed by atoms with Crippen molar-refractivity contribution < 1.29 is 27.4 Å². The van der Waals surface area contributed by atoms with Crippen molar-refractivity contribution in [2.24, 2.45) is 7.05 Å². The summed E-state index contributed by atoms with van der Waals surface area (Å²) in [6.45, 7) is 5.16. The second-order valence-corrected chi connectivity index (χ2v) is 9.79. The monoisotopic (exact) mass is 575 g/mol. The number of pyridine rings is 2. The first-order valence-corrected chi connectivity index (χ1v) is 13.1. The van der Waals surface area contributed by atoms with Crippen LogP contribution in [0.2, 0.25) is 0 Å². The summed E-state index contributed by atoms with van der Waals surface area (Å²) in [4.78, 5) is 31.5. The minimum atomic E-state index is -3.05. The molecular formula is C29H36F3N5O4. The Bertz CT molecular complexity index is 1360. The minimum Gasteiger partial charge on any atom is -0.475 e. The zero-order valence-electron chi connectivity index (χ0n) is 23.8. The highest BCUT2D eigenvalue weighted by molar-refractivity contribution is 5.97. The second kappa shape index (κ2) is 14.6. The predicted molar refractivity (Wildman–Crippen MR) is 150 cm³/mol. The Balaban J connectivity index is 2.05. The van der Waals surface area contributed by atoms with Crippen LogP contribution in [0, 0.1) is 0 Å². The third kappa shape index (κ3) is 8.54. The van der Waals surface area contributed by atoms with E-state index in [9.17, 15) is 18.4 Å². The van der Waals surface area contributed by atoms with Gasteiger partial charge in [0.25, 0.3) is 17.9 Å². The molecule has 2 aromatic heterocycles. The number of likely N-dealkylation sites (N-methyl/N-ethyl adjacent to an activating group) is 1. The number of hydrogen-bond acceptors (Lipinski definition) is 7. The molecule has 41 heavy (non-hydrogen) atoms. The van der Waals surface area contributed by atoms with E-state index in [-0.39, 0.29) is 28.9 Å². The Morgan fingerprint density at radius 3 is 2.63 bits per heavy atom. The number of aryl methyl sites for hydroxylation is 1. The summed E-state index contributed by atoms with van der Waals surface area (Å²) in [7, 11) is 4.85. The molecule has 0 saturated heterocycles. The second-order valence-electron chi connectivity index (χ2n) is 9.79. The Morgan fingerprint density at radius 2 is 1.98 bits per heavy atom. The molecular weight excluding hydrogens is 539 g/mol. The quantitative estimate of drug-likeness (QED) is 0.460. The molecule has 0 bridgehead atoms. The fourth-order valence-corrected chi connectivity index (χ4v) is 4.10. The van der Waals surface area contributed by atoms with E-state index < -0.39 is 29.3 Å². The average molecular weight is 576 g/mol. The van der Waals surface area contributed by atoms with Gasteiger partial charge in [0.05, 0.1) is 17.9 Å². The molecule has 2 N–H and O–H groups in total. The molecule has 2 unspecified atom stereocenters. The van der Waals surface area contributed by atoms with Crippen LogP contribution in [-0.2, 0) is 11.8 Å². The Kier molecular flexibility index (Phi) is 11.3. The van der Waals surface area contributed by atoms with E-state index in [0.29, 0.717) is 37.6 Å². The lowest BCUT2D eigenvalue weighted by Crippen LogP contribution is -2.42. The predicted octanol–water partition coefficient (Wildman–Crippen LogP) is 3.95. The van der Waals surface area contributed by atoms with Gasteiger partial charge in [0.2, 0.25) is 5.88 Å². The van der Waals surface area contributed by atoms with Crippen molar-refractivity contribution in [2.45, 2.75) is 38.8 Å². The van der Waals surface area contributed by atoms with E-state index in [2.05, 4.69) is 20.5 Å². The van der Waals surface area contributed by atoms with Crippen molar-refractivity contribution in [2.75, 3.05) is 33.9 Å². The zero-order valence-corrected chi connectivity index (χ0v) is 23.8. The maximum Gasteiger partial charge on any atom is 0.264 e. The van der Waals surface area contributed by atoms with E-state index in [1.165, 1.54) is 31.6 Å². The fourth-order valence-electron chi connectivity index (χ4n) is 4.10. The number of nitrogens with one attached hydrogen (secondary N) is 2. The molecule has 222 valence electrons. The van der Waals surface area contributed by atoms with Crippen LogP contribution in [0.15, 0.2) is 65.3 Å². The van der Waals surface area contributed by atoms with Gasteiger partial charge in [0, 0.05) is 80.2 Å². The number of aromatic nitrogens is 2. The number of carbonyl (C=O) groups excluding carboxylic acids is 1. The first-order chi connectivity index (χ1) is 19.5. The van der Waals surface area contributed by atoms with Gasteiger partial charge < -0.3 is 24.7 Å². The Morgan fingerprint density at radius 1 is 1.22 bits per heavy atom. The van der Waals surface area contributed by atoms with E-state index in [4.69, 9.17) is 9.47 Å². The number of amides is 1. The van der Waals surface area contributed by atoms with Crippen LogP contribution < -0.4 is 20.9 Å². The number of carbonyl (C=O) groups is 1. The van der Waals surface area contributed by atoms with E-state index in [0.717, 1.165) is 16.8 Å². The summed E-state index contributed by atoms with van der Waals surface area (Å²) >= 11 is 0. The molecule has 2 atom stereocenters. The van der Waals surface area contributed by atoms with Gasteiger partial charge in [0.1, 0.15) is 12.4 Å². The highest BCUT2D eigenvalue weighted by Gasteiger charge is 2.22. The molecule has 3 heterocycles. The van der Waals surface area contributed by atoms with Gasteiger partial charge in [-0.2, -0.15) is 0 Å². The molecule has 0 aliphatic carbocycles. The summed E-state index contributed by atoms with van der Waals surface area (Å²) in [5.74, 6) is -1.10. The Labute approximate surface area is 237 Å². The summed E-state index contributed by atoms with van der Waals surface area (Å²) < 4.78 is 54.7. The molecule has 1 aliphatic heterocycles. The number of allylic oxidation sites excluding steroid dienone is 3. The topological polar surface area (TPSA) is 97.7 Å². The van der Waals surface area contributed by atoms with Gasteiger partial charge in [-0.25, -0.2) is 18.2 Å². The number of hydrogen-bond donors (Lipinski definition) is 2. The molecule has 2 aromatic rings. The van der Waals surface area contributed by atoms with Crippen LogP contribution in [0.3, 0.4) is 0 Å². The highest BCUT2D eigenvalue weighted by atomic mass is 19.3. The van der Waals surface area contributed by atoms with Gasteiger partial charge in [-0.1, -0.05) is 0 Å². The molecule has 0 aromatic carbocycles. The van der Waals surface area contributed by atoms with Gasteiger partial charge in [-0.3, -0.25) is 14.5 Å². The van der Waals surface area contributed by atoms with Crippen LogP contribution >= 0.6 is 0 Å². The first-order valence-electron chi connectivity index (χ1n) is 13.1. The summed E-state index contributed by atoms with van der Waals surface area (Å²) in [5, 5.41) is 5.74. The standard InChI is InChI=1S/C29H36F3N5O4/c1-18-6-8-25(30)22(20-7-9-26(34-15-20)41-11-10-40-5)12-21(16-33-14-19(2)37(18)4)35-29(39)24-17-36(3)27(38)13-23(24)28(31)32/h7-9,12-13,15-19,28,33H,6,10-11,14H2,1-5H3,(H,35,39)/b21-16-,22-12-,25-8+. The van der Waals surface area contributed by atoms with Crippen molar-refractivity contribution in [1.29, 1.82) is 0 Å². The largest absolute Gasteiger partial charge is 0.475 e. The zero-order chi connectivity index (χ0) is 30.1. The molecule has 9 nitrogen and oxygen atoms in total. The number of nitrogens with zero attached hydrogens (tertiary/aromatic N) is 3. The van der Waals surface area contributed by atoms with Crippen molar-refractivity contribution in [3.63, 3.8) is 0 Å². The molecule has 1 aliphatic rings. The number of rotatable bonds is 8. The van der Waals surface area contributed by atoms with E-state index in [1.54, 1.807) is 19.2 Å². The van der Waals surface area contributed by atoms with Crippen LogP contribution in [-0.4, -0.2) is 66.4 Å². The van der Waals surface area contributed by atoms with Crippen molar-refractivity contribution in [1.82, 2.24) is 25.1 Å². The minimum absolute atomic E-state index is 0.0357. The highest BCUT2D eigenvalue weighted by Crippen LogP contribution is 2.28. The number of halogens is 3. The number of alkyl halides is 2. The maximum atomic E-state index is 15.8. The summed E-state index contributed by atoms with van der Waals surface area (Å²) in [6.07, 6.45) is 4.23. The van der Waals surface area contributed by atoms with Crippen LogP contribution in [0.25, 0.3) is 5.57 Å². The summed E-state index contributed by atoms with van der Waals surface area (Å²) in [6, 6.07) is 4.05. The third-order valence-corrected chi connectivity index (χ3v) is 6.84. The van der Waals surface area contributed by atoms with E-state index in [1.807, 2.05) is 20.9 Å². The van der Waals surface area contributed by atoms with Crippen LogP contribution in [0.1, 0.15) is 48.2 Å². The van der Waals surface area contributed by atoms with Gasteiger partial charge in [-0.05, 0) is 45.5 Å². The fraction of sp³-hybridized carbons (Fsp3) is 0.414. The lowest BCUT2D eigenvalue weighted by atomic mass is 10.0. The molecule has 1 amide bonds. The third-order valence-electron chi connectivity index (χ3n) is 6.84. The molecule has 12 heteroatoms. The smallest absolute Gasteiger partial charge is 0.264 e. The summed E-state index contributed by atoms with van der Waals surface area (Å²) in [5.41, 5.74) is -1.10. The van der Waals surface area contributed by atoms with Crippen LogP contribution in [0.5, 0.6) is 5.88 Å². The van der Waals surface area contributed by atoms with Gasteiger partial charge >= 0.3 is 0 Å². The molecule has 0 saturated carbocycles. The van der Waals surface area contributed by atoms with Gasteiger partial charge in [-0.15, -0.1) is 0 Å². The number of ether oxygens (including phenoxy) is 2. The normalized spacial score (nSPS) is 22.6. The van der Waals surface area contributed by atoms with E-state index >= 15 is 4.39 Å². The molecule has 3 rings (SSSR count). The maximum absolute atomic E-state index is 15.8. The van der Waals surface area contributed by atoms with Gasteiger partial charge in [0.15, 0.2) is 0 Å². The first kappa shape index (κ1) is 31.6. The average Bonchev–Trinajstić information content (AvgIpc) is 2.94. The molecule has 0 fully saturated rings. The molecule has 0 radical (unpaired) electrons. The van der Waals surface area contributed by atoms with Crippen molar-refractivity contribution >= 4 is 11.5 Å². The number of methoxy groups -OCH3 is 1. The lowest BCUT2D eigenvalue weighted by Gasteiger charge is -2.30. The Hall–Kier alpha value is -3.90. The molecule has 0 spiro atoms. The SMILES string of the molecule is COCCOc1ccc(C2=C/C(NC(=O)c3cn(C)c(=O)cc3C(F)F)=C/NCC(C)N(C)C(C)C/C=C\2F)cn1. The van der Waals surface area contributed by atoms with Crippen LogP contribution in [0.4, 0.5) is 13.2 Å². The lowest BCUT2D eigenvalue weighted by molar-refractivity contribution is 0.0952.